The Morgan fingerprint density at radius 2 is 2.15 bits per heavy atom. The van der Waals surface area contributed by atoms with E-state index in [4.69, 9.17) is 9.47 Å². The molecule has 76 valence electrons. The smallest absolute Gasteiger partial charge is 0.251 e. The standard InChI is InChI=1S/C9H17NO3/c1-3-8(12-2)9(11)10-4-6-13-7-5-10/h8H,3-7H2,1-2H3/t8-/m0/s1. The Labute approximate surface area is 78.8 Å². The van der Waals surface area contributed by atoms with E-state index in [1.165, 1.54) is 0 Å². The van der Waals surface area contributed by atoms with Crippen molar-refractivity contribution in [3.8, 4) is 0 Å². The number of nitrogens with zero attached hydrogens (tertiary/aromatic N) is 1. The maximum absolute atomic E-state index is 11.7. The van der Waals surface area contributed by atoms with E-state index in [-0.39, 0.29) is 12.0 Å². The van der Waals surface area contributed by atoms with Gasteiger partial charge in [0.25, 0.3) is 5.91 Å². The highest BCUT2D eigenvalue weighted by atomic mass is 16.5. The van der Waals surface area contributed by atoms with Crippen molar-refractivity contribution in [2.75, 3.05) is 33.4 Å². The molecular formula is C9H17NO3. The van der Waals surface area contributed by atoms with Crippen LogP contribution in [0.1, 0.15) is 13.3 Å². The molecule has 0 radical (unpaired) electrons. The van der Waals surface area contributed by atoms with Gasteiger partial charge in [-0.2, -0.15) is 0 Å². The molecule has 0 spiro atoms. The second-order valence-electron chi connectivity index (χ2n) is 3.07. The minimum absolute atomic E-state index is 0.0910. The van der Waals surface area contributed by atoms with Gasteiger partial charge < -0.3 is 14.4 Å². The predicted molar refractivity (Wildman–Crippen MR) is 48.5 cm³/mol. The fourth-order valence-corrected chi connectivity index (χ4v) is 1.43. The molecule has 1 fully saturated rings. The summed E-state index contributed by atoms with van der Waals surface area (Å²) in [5, 5.41) is 0. The van der Waals surface area contributed by atoms with E-state index in [1.807, 2.05) is 6.92 Å². The van der Waals surface area contributed by atoms with Gasteiger partial charge in [0.2, 0.25) is 0 Å². The normalized spacial score (nSPS) is 20.0. The summed E-state index contributed by atoms with van der Waals surface area (Å²) in [7, 11) is 1.58. The van der Waals surface area contributed by atoms with Crippen LogP contribution in [0.5, 0.6) is 0 Å². The topological polar surface area (TPSA) is 38.8 Å². The highest BCUT2D eigenvalue weighted by Crippen LogP contribution is 2.05. The Morgan fingerprint density at radius 3 is 2.62 bits per heavy atom. The maximum Gasteiger partial charge on any atom is 0.251 e. The van der Waals surface area contributed by atoms with E-state index in [1.54, 1.807) is 12.0 Å². The van der Waals surface area contributed by atoms with Gasteiger partial charge >= 0.3 is 0 Å². The molecule has 0 unspecified atom stereocenters. The second kappa shape index (κ2) is 5.19. The van der Waals surface area contributed by atoms with E-state index >= 15 is 0 Å². The third kappa shape index (κ3) is 2.67. The summed E-state index contributed by atoms with van der Waals surface area (Å²) in [5.41, 5.74) is 0. The van der Waals surface area contributed by atoms with Crippen molar-refractivity contribution in [1.82, 2.24) is 4.90 Å². The van der Waals surface area contributed by atoms with Gasteiger partial charge in [0.1, 0.15) is 6.10 Å². The average Bonchev–Trinajstić information content (AvgIpc) is 2.21. The Morgan fingerprint density at radius 1 is 1.54 bits per heavy atom. The second-order valence-corrected chi connectivity index (χ2v) is 3.07. The average molecular weight is 187 g/mol. The van der Waals surface area contributed by atoms with E-state index in [0.717, 1.165) is 6.42 Å². The number of morpholine rings is 1. The molecule has 0 saturated carbocycles. The van der Waals surface area contributed by atoms with Crippen LogP contribution in [0, 0.1) is 0 Å². The molecule has 4 nitrogen and oxygen atoms in total. The predicted octanol–water partition coefficient (Wildman–Crippen LogP) is 0.270. The number of carbonyl (C=O) groups excluding carboxylic acids is 1. The van der Waals surface area contributed by atoms with Gasteiger partial charge in [0.05, 0.1) is 13.2 Å². The number of carbonyl (C=O) groups is 1. The molecule has 0 aromatic heterocycles. The molecule has 1 aliphatic rings. The van der Waals surface area contributed by atoms with Crippen LogP contribution < -0.4 is 0 Å². The Kier molecular flexibility index (Phi) is 4.18. The molecule has 13 heavy (non-hydrogen) atoms. The first-order chi connectivity index (χ1) is 6.29. The molecule has 0 aromatic carbocycles. The molecule has 0 N–H and O–H groups in total. The highest BCUT2D eigenvalue weighted by molar-refractivity contribution is 5.80. The molecule has 0 aliphatic carbocycles. The molecule has 0 bridgehead atoms. The van der Waals surface area contributed by atoms with Crippen LogP contribution in [0.4, 0.5) is 0 Å². The van der Waals surface area contributed by atoms with Gasteiger partial charge in [-0.15, -0.1) is 0 Å². The van der Waals surface area contributed by atoms with Crippen molar-refractivity contribution in [2.45, 2.75) is 19.4 Å². The van der Waals surface area contributed by atoms with Gasteiger partial charge in [0, 0.05) is 20.2 Å². The Balaban J connectivity index is 2.44. The van der Waals surface area contributed by atoms with Crippen molar-refractivity contribution in [3.05, 3.63) is 0 Å². The highest BCUT2D eigenvalue weighted by Gasteiger charge is 2.23. The van der Waals surface area contributed by atoms with E-state index < -0.39 is 0 Å². The molecular weight excluding hydrogens is 170 g/mol. The molecule has 1 rings (SSSR count). The van der Waals surface area contributed by atoms with Gasteiger partial charge in [-0.1, -0.05) is 6.92 Å². The monoisotopic (exact) mass is 187 g/mol. The minimum Gasteiger partial charge on any atom is -0.378 e. The van der Waals surface area contributed by atoms with Crippen molar-refractivity contribution in [3.63, 3.8) is 0 Å². The van der Waals surface area contributed by atoms with Crippen LogP contribution in [0.25, 0.3) is 0 Å². The van der Waals surface area contributed by atoms with Gasteiger partial charge in [0.15, 0.2) is 0 Å². The lowest BCUT2D eigenvalue weighted by Crippen LogP contribution is -2.46. The van der Waals surface area contributed by atoms with Gasteiger partial charge in [-0.25, -0.2) is 0 Å². The molecule has 0 aromatic rings. The number of hydrogen-bond donors (Lipinski definition) is 0. The summed E-state index contributed by atoms with van der Waals surface area (Å²) >= 11 is 0. The van der Waals surface area contributed by atoms with Crippen molar-refractivity contribution in [2.24, 2.45) is 0 Å². The van der Waals surface area contributed by atoms with Gasteiger partial charge in [-0.05, 0) is 6.42 Å². The number of amides is 1. The zero-order valence-electron chi connectivity index (χ0n) is 8.28. The molecule has 1 amide bonds. The molecule has 4 heteroatoms. The van der Waals surface area contributed by atoms with Crippen LogP contribution in [-0.4, -0.2) is 50.3 Å². The third-order valence-corrected chi connectivity index (χ3v) is 2.25. The minimum atomic E-state index is -0.280. The van der Waals surface area contributed by atoms with Crippen LogP contribution in [0.15, 0.2) is 0 Å². The summed E-state index contributed by atoms with van der Waals surface area (Å²) in [6, 6.07) is 0. The lowest BCUT2D eigenvalue weighted by atomic mass is 10.2. The fourth-order valence-electron chi connectivity index (χ4n) is 1.43. The molecule has 1 atom stereocenters. The summed E-state index contributed by atoms with van der Waals surface area (Å²) < 4.78 is 10.2. The van der Waals surface area contributed by atoms with Crippen molar-refractivity contribution in [1.29, 1.82) is 0 Å². The largest absolute Gasteiger partial charge is 0.378 e. The summed E-state index contributed by atoms with van der Waals surface area (Å²) in [6.07, 6.45) is 0.449. The number of methoxy groups -OCH3 is 1. The lowest BCUT2D eigenvalue weighted by Gasteiger charge is -2.29. The SMILES string of the molecule is CC[C@H](OC)C(=O)N1CCOCC1. The number of ether oxygens (including phenoxy) is 2. The fraction of sp³-hybridized carbons (Fsp3) is 0.889. The molecule has 1 heterocycles. The maximum atomic E-state index is 11.7. The summed E-state index contributed by atoms with van der Waals surface area (Å²) in [6.45, 7) is 4.63. The lowest BCUT2D eigenvalue weighted by molar-refractivity contribution is -0.146. The van der Waals surface area contributed by atoms with E-state index in [0.29, 0.717) is 26.3 Å². The molecule has 1 saturated heterocycles. The quantitative estimate of drug-likeness (QED) is 0.636. The molecule has 1 aliphatic heterocycles. The van der Waals surface area contributed by atoms with Crippen LogP contribution >= 0.6 is 0 Å². The zero-order chi connectivity index (χ0) is 9.68. The van der Waals surface area contributed by atoms with Crippen molar-refractivity contribution < 1.29 is 14.3 Å². The van der Waals surface area contributed by atoms with Gasteiger partial charge in [-0.3, -0.25) is 4.79 Å². The van der Waals surface area contributed by atoms with Crippen molar-refractivity contribution >= 4 is 5.91 Å². The number of hydrogen-bond acceptors (Lipinski definition) is 3. The number of rotatable bonds is 3. The van der Waals surface area contributed by atoms with E-state index in [9.17, 15) is 4.79 Å². The first-order valence-electron chi connectivity index (χ1n) is 4.69. The Hall–Kier alpha value is -0.610. The summed E-state index contributed by atoms with van der Waals surface area (Å²) in [5.74, 6) is 0.0910. The van der Waals surface area contributed by atoms with Crippen LogP contribution in [0.2, 0.25) is 0 Å². The Bertz CT molecular complexity index is 162. The first kappa shape index (κ1) is 10.5. The zero-order valence-corrected chi connectivity index (χ0v) is 8.28. The van der Waals surface area contributed by atoms with E-state index in [2.05, 4.69) is 0 Å². The first-order valence-corrected chi connectivity index (χ1v) is 4.69. The third-order valence-electron chi connectivity index (χ3n) is 2.25. The van der Waals surface area contributed by atoms with Crippen LogP contribution in [0.3, 0.4) is 0 Å². The summed E-state index contributed by atoms with van der Waals surface area (Å²) in [4.78, 5) is 13.5. The van der Waals surface area contributed by atoms with Crippen LogP contribution in [-0.2, 0) is 14.3 Å².